The minimum atomic E-state index is -0.197. The highest BCUT2D eigenvalue weighted by atomic mass is 16.3. The molecule has 0 aliphatic carbocycles. The minimum Gasteiger partial charge on any atom is -0.390 e. The number of aliphatic hydroxyl groups excluding tert-OH is 1. The molecule has 23 heavy (non-hydrogen) atoms. The lowest BCUT2D eigenvalue weighted by molar-refractivity contribution is -0.0123. The van der Waals surface area contributed by atoms with E-state index in [1.54, 1.807) is 0 Å². The first-order chi connectivity index (χ1) is 10.9. The van der Waals surface area contributed by atoms with E-state index in [9.17, 15) is 9.90 Å². The molecule has 1 N–H and O–H groups in total. The van der Waals surface area contributed by atoms with Crippen molar-refractivity contribution in [1.29, 1.82) is 0 Å². The normalized spacial score (nSPS) is 17.1. The molecular weight excluding hydrogens is 288 g/mol. The number of likely N-dealkylation sites (N-methyl/N-ethyl adjacent to an activating group) is 1. The van der Waals surface area contributed by atoms with Crippen LogP contribution in [0.15, 0.2) is 24.3 Å². The predicted molar refractivity (Wildman–Crippen MR) is 93.6 cm³/mol. The van der Waals surface area contributed by atoms with Gasteiger partial charge in [-0.25, -0.2) is 0 Å². The number of rotatable bonds is 7. The van der Waals surface area contributed by atoms with Gasteiger partial charge < -0.3 is 10.0 Å². The summed E-state index contributed by atoms with van der Waals surface area (Å²) >= 11 is 0. The molecule has 1 atom stereocenters. The number of nitrogens with zero attached hydrogens (tertiary/aromatic N) is 2. The molecule has 0 saturated carbocycles. The Morgan fingerprint density at radius 1 is 1.30 bits per heavy atom. The van der Waals surface area contributed by atoms with Crippen LogP contribution in [0.5, 0.6) is 0 Å². The molecule has 0 unspecified atom stereocenters. The van der Waals surface area contributed by atoms with Gasteiger partial charge in [-0.1, -0.05) is 32.9 Å². The maximum Gasteiger partial charge on any atom is 0.253 e. The molecule has 1 amide bonds. The first kappa shape index (κ1) is 18.0. The van der Waals surface area contributed by atoms with Crippen LogP contribution in [-0.4, -0.2) is 59.6 Å². The fraction of sp³-hybridized carbons (Fsp3) is 0.632. The molecule has 1 aliphatic rings. The number of β-amino-alcohol motifs (C(OH)–C–C–N with tert-alkyl or cyclic N) is 1. The number of carbonyl (C=O) groups excluding carboxylic acids is 1. The zero-order valence-corrected chi connectivity index (χ0v) is 14.8. The monoisotopic (exact) mass is 318 g/mol. The van der Waals surface area contributed by atoms with Crippen LogP contribution in [0.25, 0.3) is 0 Å². The molecule has 128 valence electrons. The average Bonchev–Trinajstić information content (AvgIpc) is 2.51. The number of aryl methyl sites for hydroxylation is 1. The molecular formula is C19H30N2O2. The van der Waals surface area contributed by atoms with Crippen molar-refractivity contribution in [2.24, 2.45) is 5.92 Å². The zero-order chi connectivity index (χ0) is 17.0. The van der Waals surface area contributed by atoms with Crippen LogP contribution < -0.4 is 0 Å². The highest BCUT2D eigenvalue weighted by molar-refractivity contribution is 5.94. The summed E-state index contributed by atoms with van der Waals surface area (Å²) < 4.78 is 0. The Balaban J connectivity index is 2.04. The van der Waals surface area contributed by atoms with E-state index in [4.69, 9.17) is 0 Å². The molecule has 2 rings (SSSR count). The van der Waals surface area contributed by atoms with Crippen LogP contribution in [0.2, 0.25) is 0 Å². The van der Waals surface area contributed by atoms with Gasteiger partial charge in [-0.15, -0.1) is 0 Å². The lowest BCUT2D eigenvalue weighted by Gasteiger charge is -2.41. The van der Waals surface area contributed by atoms with Crippen molar-refractivity contribution < 1.29 is 9.90 Å². The van der Waals surface area contributed by atoms with Gasteiger partial charge in [-0.3, -0.25) is 9.69 Å². The number of carbonyl (C=O) groups is 1. The van der Waals surface area contributed by atoms with Gasteiger partial charge in [-0.2, -0.15) is 0 Å². The van der Waals surface area contributed by atoms with Crippen LogP contribution in [-0.2, 0) is 6.42 Å². The summed E-state index contributed by atoms with van der Waals surface area (Å²) in [5.74, 6) is 0.614. The van der Waals surface area contributed by atoms with Gasteiger partial charge in [0.2, 0.25) is 0 Å². The van der Waals surface area contributed by atoms with Crippen molar-refractivity contribution in [2.45, 2.75) is 45.8 Å². The number of hydrogen-bond acceptors (Lipinski definition) is 3. The predicted octanol–water partition coefficient (Wildman–Crippen LogP) is 2.41. The van der Waals surface area contributed by atoms with E-state index in [0.717, 1.165) is 38.0 Å². The topological polar surface area (TPSA) is 43.8 Å². The summed E-state index contributed by atoms with van der Waals surface area (Å²) in [6, 6.07) is 8.10. The molecule has 1 aromatic carbocycles. The second-order valence-corrected chi connectivity index (χ2v) is 7.12. The Hall–Kier alpha value is -1.39. The molecule has 1 heterocycles. The van der Waals surface area contributed by atoms with E-state index >= 15 is 0 Å². The van der Waals surface area contributed by atoms with Gasteiger partial charge in [0.25, 0.3) is 5.91 Å². The van der Waals surface area contributed by atoms with Gasteiger partial charge in [0, 0.05) is 38.3 Å². The van der Waals surface area contributed by atoms with E-state index in [-0.39, 0.29) is 18.1 Å². The lowest BCUT2D eigenvalue weighted by atomic mass is 9.99. The van der Waals surface area contributed by atoms with Crippen LogP contribution in [0.4, 0.5) is 0 Å². The summed E-state index contributed by atoms with van der Waals surface area (Å²) in [7, 11) is 1.90. The summed E-state index contributed by atoms with van der Waals surface area (Å²) in [5, 5.41) is 9.47. The quantitative estimate of drug-likeness (QED) is 0.839. The molecule has 4 nitrogen and oxygen atoms in total. The molecule has 1 saturated heterocycles. The lowest BCUT2D eigenvalue weighted by Crippen LogP contribution is -2.56. The molecule has 0 radical (unpaired) electrons. The van der Waals surface area contributed by atoms with E-state index < -0.39 is 0 Å². The fourth-order valence-electron chi connectivity index (χ4n) is 3.14. The maximum absolute atomic E-state index is 12.8. The van der Waals surface area contributed by atoms with E-state index in [1.165, 1.54) is 5.56 Å². The minimum absolute atomic E-state index is 0.0828. The maximum atomic E-state index is 12.8. The molecule has 1 fully saturated rings. The van der Waals surface area contributed by atoms with Crippen molar-refractivity contribution >= 4 is 5.91 Å². The Kier molecular flexibility index (Phi) is 6.19. The third kappa shape index (κ3) is 4.79. The van der Waals surface area contributed by atoms with Gasteiger partial charge >= 0.3 is 0 Å². The van der Waals surface area contributed by atoms with Crippen LogP contribution in [0, 0.1) is 5.92 Å². The van der Waals surface area contributed by atoms with Crippen molar-refractivity contribution in [3.05, 3.63) is 35.4 Å². The van der Waals surface area contributed by atoms with E-state index in [0.29, 0.717) is 5.92 Å². The van der Waals surface area contributed by atoms with Gasteiger partial charge in [-0.05, 0) is 36.5 Å². The number of aliphatic hydroxyl groups is 1. The summed E-state index contributed by atoms with van der Waals surface area (Å²) in [6.45, 7) is 8.77. The highest BCUT2D eigenvalue weighted by Gasteiger charge is 2.30. The second-order valence-electron chi connectivity index (χ2n) is 7.12. The molecule has 4 heteroatoms. The number of hydrogen-bond donors (Lipinski definition) is 1. The Bertz CT molecular complexity index is 507. The number of amides is 1. The molecule has 0 bridgehead atoms. The van der Waals surface area contributed by atoms with Crippen molar-refractivity contribution in [3.8, 4) is 0 Å². The SMILES string of the molecule is CCc1ccc(C(=O)N(C)[C@@H](CC(C)C)CN2CC(O)C2)cc1. The number of likely N-dealkylation sites (tertiary alicyclic amines) is 1. The first-order valence-corrected chi connectivity index (χ1v) is 8.67. The Morgan fingerprint density at radius 3 is 2.39 bits per heavy atom. The molecule has 0 spiro atoms. The van der Waals surface area contributed by atoms with Crippen molar-refractivity contribution in [2.75, 3.05) is 26.7 Å². The summed E-state index contributed by atoms with van der Waals surface area (Å²) in [5.41, 5.74) is 2.00. The van der Waals surface area contributed by atoms with Gasteiger partial charge in [0.05, 0.1) is 6.10 Å². The van der Waals surface area contributed by atoms with Crippen LogP contribution in [0.3, 0.4) is 0 Å². The summed E-state index contributed by atoms with van der Waals surface area (Å²) in [6.07, 6.45) is 1.76. The Morgan fingerprint density at radius 2 is 1.91 bits per heavy atom. The first-order valence-electron chi connectivity index (χ1n) is 8.67. The standard InChI is InChI=1S/C19H30N2O2/c1-5-15-6-8-16(9-7-15)19(23)20(4)17(10-14(2)3)11-21-12-18(22)13-21/h6-9,14,17-18,22H,5,10-13H2,1-4H3/t17-/m0/s1. The van der Waals surface area contributed by atoms with E-state index in [2.05, 4.69) is 25.7 Å². The third-order valence-electron chi connectivity index (χ3n) is 4.63. The zero-order valence-electron chi connectivity index (χ0n) is 14.8. The highest BCUT2D eigenvalue weighted by Crippen LogP contribution is 2.18. The van der Waals surface area contributed by atoms with Gasteiger partial charge in [0.15, 0.2) is 0 Å². The average molecular weight is 318 g/mol. The second kappa shape index (κ2) is 7.93. The van der Waals surface area contributed by atoms with Gasteiger partial charge in [0.1, 0.15) is 0 Å². The fourth-order valence-corrected chi connectivity index (χ4v) is 3.14. The smallest absolute Gasteiger partial charge is 0.253 e. The van der Waals surface area contributed by atoms with Crippen molar-refractivity contribution in [1.82, 2.24) is 9.80 Å². The summed E-state index contributed by atoms with van der Waals surface area (Å²) in [4.78, 5) is 16.9. The third-order valence-corrected chi connectivity index (χ3v) is 4.63. The molecule has 1 aromatic rings. The van der Waals surface area contributed by atoms with Crippen molar-refractivity contribution in [3.63, 3.8) is 0 Å². The molecule has 1 aliphatic heterocycles. The van der Waals surface area contributed by atoms with Crippen LogP contribution >= 0.6 is 0 Å². The molecule has 0 aromatic heterocycles. The number of benzene rings is 1. The van der Waals surface area contributed by atoms with Crippen LogP contribution in [0.1, 0.15) is 43.1 Å². The van der Waals surface area contributed by atoms with E-state index in [1.807, 2.05) is 36.2 Å². The Labute approximate surface area is 140 Å². The largest absolute Gasteiger partial charge is 0.390 e.